The molecule has 0 radical (unpaired) electrons. The van der Waals surface area contributed by atoms with Gasteiger partial charge in [-0.2, -0.15) is 0 Å². The number of amides is 1. The van der Waals surface area contributed by atoms with E-state index in [1.54, 1.807) is 0 Å². The Kier molecular flexibility index (Phi) is 4.77. The maximum Gasteiger partial charge on any atom is 0.223 e. The number of halogens is 1. The fraction of sp³-hybridized carbons (Fsp3) is 0.640. The van der Waals surface area contributed by atoms with Gasteiger partial charge < -0.3 is 4.90 Å². The third-order valence-electron chi connectivity index (χ3n) is 9.06. The zero-order chi connectivity index (χ0) is 21.3. The zero-order valence-corrected chi connectivity index (χ0v) is 19.4. The summed E-state index contributed by atoms with van der Waals surface area (Å²) in [4.78, 5) is 41.2. The fourth-order valence-electron chi connectivity index (χ4n) is 7.58. The highest BCUT2D eigenvalue weighted by molar-refractivity contribution is 9.10. The second kappa shape index (κ2) is 7.01. The first-order chi connectivity index (χ1) is 14.2. The molecule has 3 aliphatic carbocycles. The minimum atomic E-state index is -0.441. The predicted molar refractivity (Wildman–Crippen MR) is 117 cm³/mol. The predicted octanol–water partition coefficient (Wildman–Crippen LogP) is 4.93. The van der Waals surface area contributed by atoms with E-state index in [-0.39, 0.29) is 29.1 Å². The Labute approximate surface area is 186 Å². The van der Waals surface area contributed by atoms with Crippen LogP contribution in [-0.2, 0) is 20.9 Å². The number of ketones is 2. The number of hydrogen-bond donors (Lipinski definition) is 0. The molecule has 1 aliphatic heterocycles. The molecule has 5 unspecified atom stereocenters. The van der Waals surface area contributed by atoms with Crippen LogP contribution in [0, 0.1) is 28.6 Å². The van der Waals surface area contributed by atoms with Crippen molar-refractivity contribution in [3.8, 4) is 0 Å². The smallest absolute Gasteiger partial charge is 0.223 e. The summed E-state index contributed by atoms with van der Waals surface area (Å²) in [5.74, 6) is 1.40. The molecule has 4 aliphatic rings. The van der Waals surface area contributed by atoms with Crippen molar-refractivity contribution in [1.29, 1.82) is 0 Å². The van der Waals surface area contributed by atoms with Crippen molar-refractivity contribution in [1.82, 2.24) is 4.90 Å². The number of benzene rings is 1. The number of carbonyl (C=O) groups is 3. The average molecular weight is 472 g/mol. The molecule has 0 N–H and O–H groups in total. The molecule has 1 amide bonds. The molecule has 5 rings (SSSR count). The van der Waals surface area contributed by atoms with Crippen molar-refractivity contribution in [2.75, 3.05) is 0 Å². The summed E-state index contributed by atoms with van der Waals surface area (Å²) in [5.41, 5.74) is 0.501. The standard InChI is InChI=1S/C25H30BrNO3/c1-24-12-11-22(30)27(14-15-3-5-16(26)6-4-15)20(24)9-7-17-18-8-10-21(29)25(18,2)13-19(28)23(17)24/h3-6,17-18,20,23H,7-14H2,1-2H3/t17?,18?,20?,23-,24?,25?/m1/s1. The van der Waals surface area contributed by atoms with Gasteiger partial charge in [-0.05, 0) is 60.6 Å². The second-order valence-electron chi connectivity index (χ2n) is 10.5. The van der Waals surface area contributed by atoms with E-state index in [1.165, 1.54) is 0 Å². The van der Waals surface area contributed by atoms with Crippen LogP contribution in [0.1, 0.15) is 64.4 Å². The molecular formula is C25H30BrNO3. The normalized spacial score (nSPS) is 40.8. The summed E-state index contributed by atoms with van der Waals surface area (Å²) in [6.07, 6.45) is 5.17. The quantitative estimate of drug-likeness (QED) is 0.614. The number of piperidine rings is 1. The van der Waals surface area contributed by atoms with Crippen molar-refractivity contribution in [2.24, 2.45) is 28.6 Å². The Morgan fingerprint density at radius 2 is 1.77 bits per heavy atom. The molecule has 4 fully saturated rings. The van der Waals surface area contributed by atoms with Crippen molar-refractivity contribution in [3.63, 3.8) is 0 Å². The van der Waals surface area contributed by atoms with E-state index in [2.05, 4.69) is 39.9 Å². The van der Waals surface area contributed by atoms with Gasteiger partial charge in [0.2, 0.25) is 5.91 Å². The molecule has 0 aromatic heterocycles. The lowest BCUT2D eigenvalue weighted by atomic mass is 9.47. The molecule has 4 nitrogen and oxygen atoms in total. The monoisotopic (exact) mass is 471 g/mol. The van der Waals surface area contributed by atoms with Gasteiger partial charge >= 0.3 is 0 Å². The van der Waals surface area contributed by atoms with Crippen LogP contribution < -0.4 is 0 Å². The summed E-state index contributed by atoms with van der Waals surface area (Å²) in [6.45, 7) is 4.91. The molecule has 0 spiro atoms. The Morgan fingerprint density at radius 1 is 1.03 bits per heavy atom. The number of carbonyl (C=O) groups excluding carboxylic acids is 3. The minimum absolute atomic E-state index is 0.0132. The number of hydrogen-bond acceptors (Lipinski definition) is 3. The highest BCUT2D eigenvalue weighted by atomic mass is 79.9. The van der Waals surface area contributed by atoms with Gasteiger partial charge in [-0.15, -0.1) is 0 Å². The Morgan fingerprint density at radius 3 is 2.50 bits per heavy atom. The molecule has 1 aromatic carbocycles. The second-order valence-corrected chi connectivity index (χ2v) is 11.4. The van der Waals surface area contributed by atoms with E-state index in [0.29, 0.717) is 43.4 Å². The van der Waals surface area contributed by atoms with Crippen LogP contribution in [0.3, 0.4) is 0 Å². The van der Waals surface area contributed by atoms with Crippen LogP contribution in [-0.4, -0.2) is 28.4 Å². The van der Waals surface area contributed by atoms with Crippen LogP contribution >= 0.6 is 15.9 Å². The molecule has 1 saturated heterocycles. The van der Waals surface area contributed by atoms with E-state index >= 15 is 0 Å². The first kappa shape index (κ1) is 20.4. The van der Waals surface area contributed by atoms with Crippen molar-refractivity contribution < 1.29 is 14.4 Å². The summed E-state index contributed by atoms with van der Waals surface area (Å²) in [5, 5.41) is 0. The molecule has 30 heavy (non-hydrogen) atoms. The van der Waals surface area contributed by atoms with Gasteiger partial charge in [-0.3, -0.25) is 14.4 Å². The topological polar surface area (TPSA) is 54.5 Å². The average Bonchev–Trinajstić information content (AvgIpc) is 3.00. The first-order valence-corrected chi connectivity index (χ1v) is 12.1. The van der Waals surface area contributed by atoms with E-state index in [0.717, 1.165) is 35.7 Å². The number of rotatable bonds is 2. The summed E-state index contributed by atoms with van der Waals surface area (Å²) in [6, 6.07) is 8.27. The molecule has 1 aromatic rings. The number of fused-ring (bicyclic) bond motifs is 5. The molecular weight excluding hydrogens is 442 g/mol. The lowest BCUT2D eigenvalue weighted by Crippen LogP contribution is -2.64. The van der Waals surface area contributed by atoms with Gasteiger partial charge in [0.1, 0.15) is 11.6 Å². The summed E-state index contributed by atoms with van der Waals surface area (Å²) >= 11 is 3.48. The fourth-order valence-corrected chi connectivity index (χ4v) is 7.85. The number of nitrogens with zero attached hydrogens (tertiary/aromatic N) is 1. The van der Waals surface area contributed by atoms with Crippen LogP contribution in [0.2, 0.25) is 0 Å². The zero-order valence-electron chi connectivity index (χ0n) is 17.8. The largest absolute Gasteiger partial charge is 0.335 e. The molecule has 160 valence electrons. The van der Waals surface area contributed by atoms with Crippen molar-refractivity contribution in [3.05, 3.63) is 34.3 Å². The Balaban J connectivity index is 1.47. The van der Waals surface area contributed by atoms with Crippen LogP contribution in [0.25, 0.3) is 0 Å². The number of Topliss-reactive ketones (excluding diaryl/α,β-unsaturated/α-hetero) is 2. The number of likely N-dealkylation sites (tertiary alicyclic amines) is 1. The lowest BCUT2D eigenvalue weighted by molar-refractivity contribution is -0.171. The van der Waals surface area contributed by atoms with E-state index in [9.17, 15) is 14.4 Å². The van der Waals surface area contributed by atoms with Gasteiger partial charge in [-0.25, -0.2) is 0 Å². The van der Waals surface area contributed by atoms with Crippen LogP contribution in [0.5, 0.6) is 0 Å². The van der Waals surface area contributed by atoms with Gasteiger partial charge in [0.15, 0.2) is 0 Å². The van der Waals surface area contributed by atoms with Gasteiger partial charge in [-0.1, -0.05) is 41.9 Å². The van der Waals surface area contributed by atoms with Gasteiger partial charge in [0, 0.05) is 47.7 Å². The van der Waals surface area contributed by atoms with Crippen molar-refractivity contribution >= 4 is 33.4 Å². The van der Waals surface area contributed by atoms with Gasteiger partial charge in [0.05, 0.1) is 0 Å². The van der Waals surface area contributed by atoms with E-state index in [1.807, 2.05) is 19.1 Å². The molecule has 6 atom stereocenters. The highest BCUT2D eigenvalue weighted by Crippen LogP contribution is 2.62. The maximum atomic E-state index is 13.5. The molecule has 0 bridgehead atoms. The maximum absolute atomic E-state index is 13.5. The Hall–Kier alpha value is -1.49. The Bertz CT molecular complexity index is 911. The van der Waals surface area contributed by atoms with Crippen LogP contribution in [0.15, 0.2) is 28.7 Å². The first-order valence-electron chi connectivity index (χ1n) is 11.3. The van der Waals surface area contributed by atoms with Crippen LogP contribution in [0.4, 0.5) is 0 Å². The van der Waals surface area contributed by atoms with E-state index in [4.69, 9.17) is 0 Å². The summed E-state index contributed by atoms with van der Waals surface area (Å²) in [7, 11) is 0. The minimum Gasteiger partial charge on any atom is -0.335 e. The van der Waals surface area contributed by atoms with Gasteiger partial charge in [0.25, 0.3) is 0 Å². The summed E-state index contributed by atoms with van der Waals surface area (Å²) < 4.78 is 1.03. The molecule has 5 heteroatoms. The lowest BCUT2D eigenvalue weighted by Gasteiger charge is -2.60. The third kappa shape index (κ3) is 2.87. The highest BCUT2D eigenvalue weighted by Gasteiger charge is 2.64. The third-order valence-corrected chi connectivity index (χ3v) is 9.59. The molecule has 1 heterocycles. The SMILES string of the molecule is CC12CC(=O)[C@H]3C(CCC4N(Cc5ccc(Br)cc5)C(=O)CCC43C)C1CCC2=O. The molecule has 3 saturated carbocycles. The van der Waals surface area contributed by atoms with Crippen molar-refractivity contribution in [2.45, 2.75) is 71.4 Å². The van der Waals surface area contributed by atoms with E-state index < -0.39 is 5.41 Å².